The molecular formula is C19H26N2O3. The van der Waals surface area contributed by atoms with Crippen LogP contribution in [0.4, 0.5) is 4.79 Å². The Morgan fingerprint density at radius 3 is 2.54 bits per heavy atom. The third-order valence-corrected chi connectivity index (χ3v) is 5.03. The number of benzene rings is 1. The number of amides is 2. The van der Waals surface area contributed by atoms with Crippen molar-refractivity contribution in [2.24, 2.45) is 0 Å². The molecule has 0 aromatic heterocycles. The highest BCUT2D eigenvalue weighted by Gasteiger charge is 2.47. The molecule has 2 heterocycles. The van der Waals surface area contributed by atoms with E-state index in [4.69, 9.17) is 4.74 Å². The first kappa shape index (κ1) is 16.8. The number of ether oxygens (including phenoxy) is 1. The van der Waals surface area contributed by atoms with Gasteiger partial charge in [0.15, 0.2) is 0 Å². The van der Waals surface area contributed by atoms with E-state index in [0.29, 0.717) is 25.4 Å². The van der Waals surface area contributed by atoms with Gasteiger partial charge in [0, 0.05) is 13.6 Å². The van der Waals surface area contributed by atoms with E-state index >= 15 is 0 Å². The van der Waals surface area contributed by atoms with Crippen molar-refractivity contribution in [2.45, 2.75) is 44.6 Å². The minimum absolute atomic E-state index is 0.108. The summed E-state index contributed by atoms with van der Waals surface area (Å²) in [5.41, 5.74) is 1.80. The largest absolute Gasteiger partial charge is 0.439 e. The Hall–Kier alpha value is -2.04. The molecule has 0 N–H and O–H groups in total. The highest BCUT2D eigenvalue weighted by Crippen LogP contribution is 2.31. The van der Waals surface area contributed by atoms with Gasteiger partial charge in [0.1, 0.15) is 5.60 Å². The molecule has 2 amide bonds. The molecule has 0 unspecified atom stereocenters. The van der Waals surface area contributed by atoms with E-state index in [0.717, 1.165) is 24.9 Å². The fraction of sp³-hybridized carbons (Fsp3) is 0.579. The van der Waals surface area contributed by atoms with Gasteiger partial charge in [0.05, 0.1) is 19.5 Å². The van der Waals surface area contributed by atoms with Crippen LogP contribution in [0.2, 0.25) is 0 Å². The molecule has 0 radical (unpaired) electrons. The smallest absolute Gasteiger partial charge is 0.410 e. The molecule has 3 rings (SSSR count). The van der Waals surface area contributed by atoms with Gasteiger partial charge in [0.25, 0.3) is 0 Å². The summed E-state index contributed by atoms with van der Waals surface area (Å²) in [6.45, 7) is 6.14. The van der Waals surface area contributed by atoms with Crippen LogP contribution in [0, 0.1) is 0 Å². The number of piperidine rings is 1. The summed E-state index contributed by atoms with van der Waals surface area (Å²) >= 11 is 0. The van der Waals surface area contributed by atoms with E-state index in [2.05, 4.69) is 26.0 Å². The molecule has 2 aliphatic heterocycles. The minimum Gasteiger partial charge on any atom is -0.439 e. The summed E-state index contributed by atoms with van der Waals surface area (Å²) in [5.74, 6) is 0.600. The first-order valence-electron chi connectivity index (χ1n) is 8.69. The van der Waals surface area contributed by atoms with Crippen molar-refractivity contribution in [3.8, 4) is 0 Å². The van der Waals surface area contributed by atoms with E-state index in [-0.39, 0.29) is 12.0 Å². The van der Waals surface area contributed by atoms with Crippen LogP contribution in [-0.4, -0.2) is 54.1 Å². The first-order valence-corrected chi connectivity index (χ1v) is 8.69. The van der Waals surface area contributed by atoms with Crippen molar-refractivity contribution < 1.29 is 14.3 Å². The molecule has 24 heavy (non-hydrogen) atoms. The molecule has 1 aromatic carbocycles. The van der Waals surface area contributed by atoms with Crippen LogP contribution in [0.25, 0.3) is 0 Å². The lowest BCUT2D eigenvalue weighted by Gasteiger charge is -2.38. The van der Waals surface area contributed by atoms with Crippen molar-refractivity contribution >= 4 is 12.0 Å². The van der Waals surface area contributed by atoms with Gasteiger partial charge in [-0.15, -0.1) is 0 Å². The average molecular weight is 330 g/mol. The molecule has 0 bridgehead atoms. The van der Waals surface area contributed by atoms with Crippen LogP contribution in [-0.2, 0) is 16.0 Å². The van der Waals surface area contributed by atoms with Gasteiger partial charge in [-0.3, -0.25) is 4.79 Å². The van der Waals surface area contributed by atoms with Gasteiger partial charge in [0.2, 0.25) is 5.91 Å². The molecule has 130 valence electrons. The Balaban J connectivity index is 1.63. The summed E-state index contributed by atoms with van der Waals surface area (Å²) in [4.78, 5) is 27.8. The molecule has 5 nitrogen and oxygen atoms in total. The second-order valence-corrected chi connectivity index (χ2v) is 7.40. The number of hydrogen-bond acceptors (Lipinski definition) is 3. The normalized spacial score (nSPS) is 23.9. The maximum absolute atomic E-state index is 12.7. The lowest BCUT2D eigenvalue weighted by molar-refractivity contribution is -0.136. The average Bonchev–Trinajstić information content (AvgIpc) is 2.81. The number of nitrogens with zero attached hydrogens (tertiary/aromatic N) is 2. The lowest BCUT2D eigenvalue weighted by Crippen LogP contribution is -2.52. The van der Waals surface area contributed by atoms with Gasteiger partial charge < -0.3 is 14.5 Å². The number of hydrogen-bond donors (Lipinski definition) is 0. The van der Waals surface area contributed by atoms with Crippen molar-refractivity contribution in [3.63, 3.8) is 0 Å². The molecule has 5 heteroatoms. The Bertz CT molecular complexity index is 626. The SMILES string of the molecule is CC(C)c1ccc(CC(=O)N2CCC[C@@]3(CN(C)C(=O)O3)C2)cc1. The molecule has 0 saturated carbocycles. The number of likely N-dealkylation sites (tertiary alicyclic amines) is 1. The van der Waals surface area contributed by atoms with Gasteiger partial charge >= 0.3 is 6.09 Å². The molecule has 2 saturated heterocycles. The maximum Gasteiger partial charge on any atom is 0.410 e. The van der Waals surface area contributed by atoms with Crippen molar-refractivity contribution in [3.05, 3.63) is 35.4 Å². The van der Waals surface area contributed by atoms with Crippen LogP contribution in [0.3, 0.4) is 0 Å². The second kappa shape index (κ2) is 6.46. The maximum atomic E-state index is 12.7. The molecular weight excluding hydrogens is 304 g/mol. The molecule has 1 spiro atoms. The quantitative estimate of drug-likeness (QED) is 0.856. The number of carbonyl (C=O) groups is 2. The minimum atomic E-state index is -0.513. The fourth-order valence-corrected chi connectivity index (χ4v) is 3.62. The van der Waals surface area contributed by atoms with Crippen molar-refractivity contribution in [1.29, 1.82) is 0 Å². The zero-order valence-corrected chi connectivity index (χ0v) is 14.7. The zero-order valence-electron chi connectivity index (χ0n) is 14.7. The Kier molecular flexibility index (Phi) is 4.52. The number of carbonyl (C=O) groups excluding carboxylic acids is 2. The third-order valence-electron chi connectivity index (χ3n) is 5.03. The van der Waals surface area contributed by atoms with E-state index in [1.54, 1.807) is 11.9 Å². The summed E-state index contributed by atoms with van der Waals surface area (Å²) < 4.78 is 5.57. The molecule has 2 aliphatic rings. The van der Waals surface area contributed by atoms with Crippen LogP contribution in [0.1, 0.15) is 43.7 Å². The first-order chi connectivity index (χ1) is 11.4. The fourth-order valence-electron chi connectivity index (χ4n) is 3.62. The van der Waals surface area contributed by atoms with E-state index < -0.39 is 5.60 Å². The van der Waals surface area contributed by atoms with Gasteiger partial charge in [-0.05, 0) is 29.9 Å². The summed E-state index contributed by atoms with van der Waals surface area (Å²) in [6, 6.07) is 8.27. The Morgan fingerprint density at radius 2 is 1.96 bits per heavy atom. The van der Waals surface area contributed by atoms with Crippen LogP contribution >= 0.6 is 0 Å². The highest BCUT2D eigenvalue weighted by molar-refractivity contribution is 5.79. The molecule has 2 fully saturated rings. The van der Waals surface area contributed by atoms with E-state index in [1.165, 1.54) is 5.56 Å². The predicted octanol–water partition coefficient (Wildman–Crippen LogP) is 2.80. The zero-order chi connectivity index (χ0) is 17.3. The van der Waals surface area contributed by atoms with Crippen molar-refractivity contribution in [1.82, 2.24) is 9.80 Å². The number of likely N-dealkylation sites (N-methyl/N-ethyl adjacent to an activating group) is 1. The number of rotatable bonds is 3. The van der Waals surface area contributed by atoms with Crippen LogP contribution in [0.5, 0.6) is 0 Å². The lowest BCUT2D eigenvalue weighted by atomic mass is 9.92. The van der Waals surface area contributed by atoms with E-state index in [1.807, 2.05) is 17.0 Å². The van der Waals surface area contributed by atoms with E-state index in [9.17, 15) is 9.59 Å². The van der Waals surface area contributed by atoms with Gasteiger partial charge in [-0.25, -0.2) is 4.79 Å². The molecule has 0 aliphatic carbocycles. The summed E-state index contributed by atoms with van der Waals surface area (Å²) in [7, 11) is 1.74. The summed E-state index contributed by atoms with van der Waals surface area (Å²) in [6.07, 6.45) is 1.82. The van der Waals surface area contributed by atoms with Crippen LogP contribution < -0.4 is 0 Å². The predicted molar refractivity (Wildman–Crippen MR) is 91.9 cm³/mol. The Morgan fingerprint density at radius 1 is 1.25 bits per heavy atom. The standard InChI is InChI=1S/C19H26N2O3/c1-14(2)16-7-5-15(6-8-16)11-17(22)21-10-4-9-19(13-21)12-20(3)18(23)24-19/h5-8,14H,4,9-13H2,1-3H3/t19-/m1/s1. The Labute approximate surface area is 143 Å². The second-order valence-electron chi connectivity index (χ2n) is 7.40. The van der Waals surface area contributed by atoms with Gasteiger partial charge in [-0.1, -0.05) is 38.1 Å². The van der Waals surface area contributed by atoms with Crippen molar-refractivity contribution in [2.75, 3.05) is 26.7 Å². The monoisotopic (exact) mass is 330 g/mol. The molecule has 1 atom stereocenters. The highest BCUT2D eigenvalue weighted by atomic mass is 16.6. The molecule has 1 aromatic rings. The third kappa shape index (κ3) is 3.40. The van der Waals surface area contributed by atoms with Gasteiger partial charge in [-0.2, -0.15) is 0 Å². The topological polar surface area (TPSA) is 49.9 Å². The summed E-state index contributed by atoms with van der Waals surface area (Å²) in [5, 5.41) is 0. The van der Waals surface area contributed by atoms with Crippen LogP contribution in [0.15, 0.2) is 24.3 Å².